The first-order valence-electron chi connectivity index (χ1n) is 3.24. The summed E-state index contributed by atoms with van der Waals surface area (Å²) in [5.74, 6) is -3.70. The molecule has 72 valence electrons. The molecule has 0 aliphatic carbocycles. The summed E-state index contributed by atoms with van der Waals surface area (Å²) >= 11 is 0. The minimum Gasteiger partial charge on any atom is -0.495 e. The smallest absolute Gasteiger partial charge is 0.270 e. The Kier molecular flexibility index (Phi) is 2.69. The second-order valence-corrected chi connectivity index (χ2v) is 2.15. The van der Waals surface area contributed by atoms with Crippen molar-refractivity contribution in [1.82, 2.24) is 4.98 Å². The van der Waals surface area contributed by atoms with Crippen LogP contribution in [-0.2, 0) is 0 Å². The van der Waals surface area contributed by atoms with Gasteiger partial charge in [-0.25, -0.2) is 18.2 Å². The Hall–Kier alpha value is -1.33. The fourth-order valence-corrected chi connectivity index (χ4v) is 0.827. The Balaban J connectivity index is 3.32. The molecule has 0 saturated heterocycles. The van der Waals surface area contributed by atoms with Crippen LogP contribution in [0.15, 0.2) is 6.20 Å². The van der Waals surface area contributed by atoms with E-state index in [1.807, 2.05) is 0 Å². The maximum absolute atomic E-state index is 12.7. The van der Waals surface area contributed by atoms with Gasteiger partial charge in [0.15, 0.2) is 5.82 Å². The van der Waals surface area contributed by atoms with Crippen molar-refractivity contribution in [2.24, 2.45) is 0 Å². The predicted molar refractivity (Wildman–Crippen MR) is 35.7 cm³/mol. The van der Waals surface area contributed by atoms with Crippen molar-refractivity contribution in [1.29, 1.82) is 0 Å². The normalized spacial score (nSPS) is 10.6. The summed E-state index contributed by atoms with van der Waals surface area (Å²) < 4.78 is 53.8. The molecule has 6 heteroatoms. The van der Waals surface area contributed by atoms with Gasteiger partial charge < -0.3 is 4.74 Å². The van der Waals surface area contributed by atoms with Crippen LogP contribution in [0.2, 0.25) is 0 Å². The summed E-state index contributed by atoms with van der Waals surface area (Å²) in [4.78, 5) is 2.89. The molecule has 0 fully saturated rings. The topological polar surface area (TPSA) is 22.1 Å². The zero-order valence-electron chi connectivity index (χ0n) is 6.52. The first kappa shape index (κ1) is 9.76. The second kappa shape index (κ2) is 3.59. The van der Waals surface area contributed by atoms with E-state index in [9.17, 15) is 17.6 Å². The van der Waals surface area contributed by atoms with Crippen molar-refractivity contribution in [2.45, 2.75) is 6.43 Å². The molecule has 0 aromatic carbocycles. The summed E-state index contributed by atoms with van der Waals surface area (Å²) in [6.07, 6.45) is -2.42. The van der Waals surface area contributed by atoms with Crippen LogP contribution in [-0.4, -0.2) is 12.1 Å². The van der Waals surface area contributed by atoms with E-state index in [0.29, 0.717) is 6.20 Å². The largest absolute Gasteiger partial charge is 0.495 e. The molecule has 0 amide bonds. The average Bonchev–Trinajstić information content (AvgIpc) is 2.08. The zero-order chi connectivity index (χ0) is 10.0. The molecule has 1 aromatic heterocycles. The Morgan fingerprint density at radius 1 is 1.38 bits per heavy atom. The van der Waals surface area contributed by atoms with Crippen molar-refractivity contribution >= 4 is 0 Å². The van der Waals surface area contributed by atoms with E-state index in [0.717, 1.165) is 7.11 Å². The summed E-state index contributed by atoms with van der Waals surface area (Å²) in [6, 6.07) is 0. The number of methoxy groups -OCH3 is 1. The van der Waals surface area contributed by atoms with Crippen molar-refractivity contribution in [2.75, 3.05) is 7.11 Å². The standard InChI is InChI=1S/C7H5F4NO/c1-13-3-2-12-7(11)5(8)4(3)6(9)10/h2,6H,1H3. The van der Waals surface area contributed by atoms with Gasteiger partial charge in [0.1, 0.15) is 11.3 Å². The lowest BCUT2D eigenvalue weighted by Gasteiger charge is -2.07. The number of alkyl halides is 2. The predicted octanol–water partition coefficient (Wildman–Crippen LogP) is 2.31. The third-order valence-corrected chi connectivity index (χ3v) is 1.42. The van der Waals surface area contributed by atoms with Crippen molar-refractivity contribution in [3.8, 4) is 5.75 Å². The molecule has 0 atom stereocenters. The number of rotatable bonds is 2. The van der Waals surface area contributed by atoms with Crippen LogP contribution in [0.5, 0.6) is 5.75 Å². The van der Waals surface area contributed by atoms with Crippen LogP contribution < -0.4 is 4.74 Å². The monoisotopic (exact) mass is 195 g/mol. The highest BCUT2D eigenvalue weighted by atomic mass is 19.3. The third-order valence-electron chi connectivity index (χ3n) is 1.42. The van der Waals surface area contributed by atoms with E-state index in [2.05, 4.69) is 9.72 Å². The maximum atomic E-state index is 12.7. The first-order chi connectivity index (χ1) is 6.07. The highest BCUT2D eigenvalue weighted by Crippen LogP contribution is 2.31. The summed E-state index contributed by atoms with van der Waals surface area (Å²) in [7, 11) is 1.07. The van der Waals surface area contributed by atoms with Gasteiger partial charge in [-0.15, -0.1) is 0 Å². The number of halogens is 4. The summed E-state index contributed by atoms with van der Waals surface area (Å²) in [6.45, 7) is 0. The quantitative estimate of drug-likeness (QED) is 0.533. The fraction of sp³-hybridized carbons (Fsp3) is 0.286. The fourth-order valence-electron chi connectivity index (χ4n) is 0.827. The van der Waals surface area contributed by atoms with Crippen molar-refractivity contribution in [3.05, 3.63) is 23.5 Å². The minimum atomic E-state index is -3.13. The van der Waals surface area contributed by atoms with E-state index < -0.39 is 29.5 Å². The first-order valence-corrected chi connectivity index (χ1v) is 3.24. The van der Waals surface area contributed by atoms with E-state index >= 15 is 0 Å². The molecule has 1 heterocycles. The van der Waals surface area contributed by atoms with Crippen LogP contribution >= 0.6 is 0 Å². The van der Waals surface area contributed by atoms with E-state index in [1.54, 1.807) is 0 Å². The molecule has 13 heavy (non-hydrogen) atoms. The Morgan fingerprint density at radius 3 is 2.46 bits per heavy atom. The van der Waals surface area contributed by atoms with Crippen LogP contribution in [0, 0.1) is 11.8 Å². The maximum Gasteiger partial charge on any atom is 0.270 e. The Morgan fingerprint density at radius 2 is 2.00 bits per heavy atom. The van der Waals surface area contributed by atoms with Gasteiger partial charge >= 0.3 is 0 Å². The Labute approximate surface area is 71.2 Å². The number of nitrogens with zero attached hydrogens (tertiary/aromatic N) is 1. The number of aromatic nitrogens is 1. The third kappa shape index (κ3) is 1.71. The lowest BCUT2D eigenvalue weighted by atomic mass is 10.2. The van der Waals surface area contributed by atoms with E-state index in [1.165, 1.54) is 0 Å². The van der Waals surface area contributed by atoms with Gasteiger partial charge in [0.2, 0.25) is 5.95 Å². The van der Waals surface area contributed by atoms with Gasteiger partial charge in [0.25, 0.3) is 6.43 Å². The van der Waals surface area contributed by atoms with Gasteiger partial charge in [0.05, 0.1) is 13.3 Å². The number of hydrogen-bond donors (Lipinski definition) is 0. The van der Waals surface area contributed by atoms with Crippen LogP contribution in [0.4, 0.5) is 17.6 Å². The molecule has 0 unspecified atom stereocenters. The number of ether oxygens (including phenoxy) is 1. The van der Waals surface area contributed by atoms with E-state index in [-0.39, 0.29) is 0 Å². The zero-order valence-corrected chi connectivity index (χ0v) is 6.52. The molecule has 0 spiro atoms. The molecule has 0 aliphatic heterocycles. The van der Waals surface area contributed by atoms with Gasteiger partial charge in [0, 0.05) is 0 Å². The molecular weight excluding hydrogens is 190 g/mol. The molecule has 0 radical (unpaired) electrons. The number of hydrogen-bond acceptors (Lipinski definition) is 2. The van der Waals surface area contributed by atoms with Crippen LogP contribution in [0.3, 0.4) is 0 Å². The molecular formula is C7H5F4NO. The molecule has 0 saturated carbocycles. The molecule has 1 aromatic rings. The van der Waals surface area contributed by atoms with Gasteiger partial charge in [-0.3, -0.25) is 0 Å². The number of pyridine rings is 1. The van der Waals surface area contributed by atoms with E-state index in [4.69, 9.17) is 0 Å². The lowest BCUT2D eigenvalue weighted by Crippen LogP contribution is -2.01. The van der Waals surface area contributed by atoms with Crippen molar-refractivity contribution < 1.29 is 22.3 Å². The van der Waals surface area contributed by atoms with Crippen LogP contribution in [0.1, 0.15) is 12.0 Å². The SMILES string of the molecule is COc1cnc(F)c(F)c1C(F)F. The van der Waals surface area contributed by atoms with Crippen LogP contribution in [0.25, 0.3) is 0 Å². The summed E-state index contributed by atoms with van der Waals surface area (Å²) in [5.41, 5.74) is -1.10. The average molecular weight is 195 g/mol. The van der Waals surface area contributed by atoms with Gasteiger partial charge in [-0.1, -0.05) is 0 Å². The lowest BCUT2D eigenvalue weighted by molar-refractivity contribution is 0.139. The van der Waals surface area contributed by atoms with Gasteiger partial charge in [-0.2, -0.15) is 4.39 Å². The second-order valence-electron chi connectivity index (χ2n) is 2.15. The van der Waals surface area contributed by atoms with Gasteiger partial charge in [-0.05, 0) is 0 Å². The molecule has 1 rings (SSSR count). The highest BCUT2D eigenvalue weighted by Gasteiger charge is 2.23. The Bertz CT molecular complexity index is 316. The molecule has 0 aliphatic rings. The summed E-state index contributed by atoms with van der Waals surface area (Å²) in [5, 5.41) is 0. The minimum absolute atomic E-state index is 0.464. The van der Waals surface area contributed by atoms with Crippen molar-refractivity contribution in [3.63, 3.8) is 0 Å². The molecule has 0 bridgehead atoms. The highest BCUT2D eigenvalue weighted by molar-refractivity contribution is 5.32. The molecule has 0 N–H and O–H groups in total. The molecule has 2 nitrogen and oxygen atoms in total.